The number of alkyl halides is 1. The largest absolute Gasteiger partial charge is 1.00 e. The fraction of sp³-hybridized carbons (Fsp3) is 0.0467. The molecule has 17 aromatic rings. The van der Waals surface area contributed by atoms with Crippen LogP contribution in [0.4, 0.5) is 0 Å². The second-order valence-electron chi connectivity index (χ2n) is 27.5. The van der Waals surface area contributed by atoms with Crippen LogP contribution in [-0.2, 0) is 25.7 Å². The SMILES string of the molecule is COC(=O)c1cccc(/C=C/c2nccs2)c1.COC(=O)c1cccc(CBr)c1.COC(=O)c1cccc(C[P+](c2ccccc2)(c2ccccc2)c2ccccc2)c1.O.O=C(O)c1cccc(/C=C/c2nccs2)c1.O=C(O)c1cccc(/C=C/c2nccs2)c1.O=C(O)c1cccc(/C=C\c2nccs2)c1.O=Cc1nccs1.[Br-].[Li+].[OH-].c1ccc(P(c2ccccc2)c2ccccc2)cc1. The number of carboxylic acids is 3. The molecule has 0 atom stereocenters. The van der Waals surface area contributed by atoms with E-state index >= 15 is 0 Å². The van der Waals surface area contributed by atoms with Crippen molar-refractivity contribution in [2.24, 2.45) is 0 Å². The molecule has 0 fully saturated rings. The molecule has 17 rings (SSSR count). The first-order chi connectivity index (χ1) is 64.9. The molecule has 6 N–H and O–H groups in total. The Morgan fingerprint density at radius 2 is 0.569 bits per heavy atom. The molecule has 0 saturated heterocycles. The molecule has 0 aliphatic rings. The number of aromatic nitrogens is 5. The van der Waals surface area contributed by atoms with Gasteiger partial charge in [0.25, 0.3) is 0 Å². The summed E-state index contributed by atoms with van der Waals surface area (Å²) < 4.78 is 14.2. The summed E-state index contributed by atoms with van der Waals surface area (Å²) >= 11 is 10.8. The number of aldehydes is 1. The summed E-state index contributed by atoms with van der Waals surface area (Å²) in [7, 11) is 1.74. The van der Waals surface area contributed by atoms with Crippen molar-refractivity contribution in [1.29, 1.82) is 0 Å². The Hall–Kier alpha value is -13.4. The smallest absolute Gasteiger partial charge is 1.00 e. The van der Waals surface area contributed by atoms with Crippen molar-refractivity contribution in [3.8, 4) is 0 Å². The number of esters is 3. The van der Waals surface area contributed by atoms with Crippen LogP contribution in [0.3, 0.4) is 0 Å². The Labute approximate surface area is 847 Å². The number of aromatic carboxylic acids is 3. The van der Waals surface area contributed by atoms with Crippen LogP contribution in [-0.4, -0.2) is 115 Å². The summed E-state index contributed by atoms with van der Waals surface area (Å²) in [4.78, 5) is 96.7. The summed E-state index contributed by atoms with van der Waals surface area (Å²) in [6, 6.07) is 107. The molecule has 0 amide bonds. The van der Waals surface area contributed by atoms with Crippen molar-refractivity contribution in [3.05, 3.63) is 477 Å². The van der Waals surface area contributed by atoms with E-state index in [1.165, 1.54) is 98.5 Å². The van der Waals surface area contributed by atoms with Crippen LogP contribution in [0.2, 0.25) is 0 Å². The quantitative estimate of drug-likeness (QED) is 0.0126. The van der Waals surface area contributed by atoms with E-state index in [-0.39, 0.29) is 64.7 Å². The fourth-order valence-corrected chi connectivity index (χ4v) is 21.9. The molecule has 5 heterocycles. The molecule has 30 heteroatoms. The predicted molar refractivity (Wildman–Crippen MR) is 557 cm³/mol. The van der Waals surface area contributed by atoms with Gasteiger partial charge in [-0.1, -0.05) is 259 Å². The van der Waals surface area contributed by atoms with Gasteiger partial charge in [0.15, 0.2) is 11.3 Å². The van der Waals surface area contributed by atoms with Crippen LogP contribution in [0.1, 0.15) is 125 Å². The Morgan fingerprint density at radius 3 is 0.818 bits per heavy atom. The van der Waals surface area contributed by atoms with Gasteiger partial charge in [-0.2, -0.15) is 0 Å². The first-order valence-corrected chi connectivity index (χ1v) is 49.5. The summed E-state index contributed by atoms with van der Waals surface area (Å²) in [6.45, 7) is 0. The van der Waals surface area contributed by atoms with E-state index in [1.807, 2.05) is 131 Å². The van der Waals surface area contributed by atoms with Gasteiger partial charge >= 0.3 is 54.7 Å². The van der Waals surface area contributed by atoms with Gasteiger partial charge in [-0.05, 0) is 191 Å². The number of halogens is 2. The number of carbonyl (C=O) groups is 7. The molecule has 0 aliphatic carbocycles. The minimum Gasteiger partial charge on any atom is -1.00 e. The minimum absolute atomic E-state index is 0. The van der Waals surface area contributed by atoms with E-state index in [9.17, 15) is 33.6 Å². The third kappa shape index (κ3) is 37.3. The molecule has 690 valence electrons. The second-order valence-corrected chi connectivity index (χ2v) is 38.4. The van der Waals surface area contributed by atoms with Crippen LogP contribution < -0.4 is 67.7 Å². The summed E-state index contributed by atoms with van der Waals surface area (Å²) in [5, 5.41) is 49.0. The molecule has 0 spiro atoms. The summed E-state index contributed by atoms with van der Waals surface area (Å²) in [5.41, 5.74) is 8.32. The summed E-state index contributed by atoms with van der Waals surface area (Å²) in [6.07, 6.45) is 25.1. The van der Waals surface area contributed by atoms with Crippen molar-refractivity contribution in [2.75, 3.05) is 21.3 Å². The van der Waals surface area contributed by atoms with Crippen LogP contribution in [0.15, 0.2) is 385 Å². The molecule has 20 nitrogen and oxygen atoms in total. The van der Waals surface area contributed by atoms with Crippen LogP contribution in [0, 0.1) is 0 Å². The van der Waals surface area contributed by atoms with E-state index < -0.39 is 33.1 Å². The number of carbonyl (C=O) groups excluding carboxylic acids is 4. The number of methoxy groups -OCH3 is 3. The van der Waals surface area contributed by atoms with E-state index in [1.54, 1.807) is 127 Å². The minimum atomic E-state index is -1.99. The first-order valence-electron chi connectivity index (χ1n) is 40.7. The van der Waals surface area contributed by atoms with Gasteiger partial charge in [0, 0.05) is 63.2 Å². The maximum Gasteiger partial charge on any atom is 1.00 e. The molecule has 137 heavy (non-hydrogen) atoms. The normalized spacial score (nSPS) is 10.3. The van der Waals surface area contributed by atoms with Gasteiger partial charge in [0.05, 0.1) is 60.9 Å². The Kier molecular flexibility index (Phi) is 51.0. The van der Waals surface area contributed by atoms with Crippen molar-refractivity contribution in [3.63, 3.8) is 0 Å². The van der Waals surface area contributed by atoms with Gasteiger partial charge in [-0.15, -0.1) is 56.7 Å². The van der Waals surface area contributed by atoms with Gasteiger partial charge in [0.1, 0.15) is 43.2 Å². The molecule has 0 saturated carbocycles. The van der Waals surface area contributed by atoms with Crippen molar-refractivity contribution in [2.45, 2.75) is 11.5 Å². The third-order valence-corrected chi connectivity index (χ3v) is 29.8. The molecule has 12 aromatic carbocycles. The molecule has 0 unspecified atom stereocenters. The van der Waals surface area contributed by atoms with Crippen LogP contribution >= 0.6 is 87.8 Å². The zero-order valence-corrected chi connectivity index (χ0v) is 83.4. The van der Waals surface area contributed by atoms with Crippen molar-refractivity contribution < 1.29 is 110 Å². The molecule has 0 bridgehead atoms. The number of hydrogen-bond donors (Lipinski definition) is 3. The Morgan fingerprint density at radius 1 is 0.328 bits per heavy atom. The number of rotatable bonds is 24. The zero-order chi connectivity index (χ0) is 94.0. The van der Waals surface area contributed by atoms with Crippen LogP contribution in [0.25, 0.3) is 48.6 Å². The van der Waals surface area contributed by atoms with Gasteiger partial charge in [-0.25, -0.2) is 53.7 Å². The number of nitrogens with zero attached hydrogens (tertiary/aromatic N) is 5. The first kappa shape index (κ1) is 112. The van der Waals surface area contributed by atoms with Crippen LogP contribution in [0.5, 0.6) is 0 Å². The Bertz CT molecular complexity index is 6150. The second kappa shape index (κ2) is 62.3. The standard InChI is InChI=1S/C27H24O2P.C18H15P.C13H11NO2S.3C12H9NO2S.C9H9BrO2.C4H3NOS.BrH.Li.2H2O/c1-29-27(28)23-13-11-12-22(20-23)21-30(24-14-5-2-6-15-24,25-16-7-3-8-17-25)26-18-9-4-10-19-26;1-4-10-16(11-5-1)19(17-12-6-2-7-13-17)18-14-8-3-9-15-18;1-16-13(15)11-4-2-3-10(9-11)5-6-12-14-7-8-17-12;3*14-12(15)10-3-1-2-9(8-10)4-5-11-13-6-7-16-11;1-12-9(11)8-4-2-3-7(5-8)6-10;6-3-4-5-1-2-7-4;;;;/h2-20H,21H2,1H3;1-15H;2-9H,1H3;3*1-8H,(H,14,15);2-5H,6H2,1H3;1-3H;1H;;2*1H2/q+1;;;;;;;;;+1;;/p-2/b;;6-5+;2*5-4+;5-4-;;;;;;. The average molecular weight is 2080 g/mol. The van der Waals surface area contributed by atoms with E-state index in [0.29, 0.717) is 38.4 Å². The van der Waals surface area contributed by atoms with Gasteiger partial charge in [-0.3, -0.25) is 4.79 Å². The zero-order valence-electron chi connectivity index (χ0n) is 74.4. The topological polar surface area (TPSA) is 334 Å². The molecule has 5 aromatic heterocycles. The third-order valence-electron chi connectivity index (χ3n) is 18.6. The monoisotopic (exact) mass is 2070 g/mol. The summed E-state index contributed by atoms with van der Waals surface area (Å²) in [5.74, 6) is -3.66. The van der Waals surface area contributed by atoms with E-state index in [2.05, 4.69) is 238 Å². The maximum absolute atomic E-state index is 12.1. The molecule has 0 radical (unpaired) electrons. The van der Waals surface area contributed by atoms with Gasteiger partial charge in [0.2, 0.25) is 0 Å². The molecular formula is C107H92Br2LiN5O15P2S5. The van der Waals surface area contributed by atoms with Crippen molar-refractivity contribution >= 4 is 210 Å². The Balaban J connectivity index is 0.000000245. The molecular weight excluding hydrogens is 1980 g/mol. The number of thiazole rings is 5. The molecule has 0 aliphatic heterocycles. The van der Waals surface area contributed by atoms with Crippen molar-refractivity contribution in [1.82, 2.24) is 24.9 Å². The number of benzene rings is 12. The number of ether oxygens (including phenoxy) is 3. The van der Waals surface area contributed by atoms with Gasteiger partial charge < -0.3 is 57.5 Å². The van der Waals surface area contributed by atoms with E-state index in [0.717, 1.165) is 71.2 Å². The van der Waals surface area contributed by atoms with E-state index in [4.69, 9.17) is 20.1 Å². The fourth-order valence-electron chi connectivity index (χ4n) is 12.5. The average Bonchev–Trinajstić information content (AvgIpc) is 1.57. The maximum atomic E-state index is 12.1. The number of carboxylic acid groups (broad SMARTS) is 3. The predicted octanol–water partition coefficient (Wildman–Crippen LogP) is 16.9. The number of hydrogen-bond acceptors (Lipinski definition) is 21.